The molecule has 0 aliphatic carbocycles. The van der Waals surface area contributed by atoms with E-state index in [4.69, 9.17) is 0 Å². The first-order valence-corrected chi connectivity index (χ1v) is 20.8. The largest absolute Gasteiger partial charge is 0.348 e. The molecular formula is C38H56N4O5S2. The molecule has 4 amide bonds. The highest BCUT2D eigenvalue weighted by molar-refractivity contribution is 7.98. The van der Waals surface area contributed by atoms with Gasteiger partial charge in [-0.15, -0.1) is 0 Å². The molecule has 1 aliphatic heterocycles. The van der Waals surface area contributed by atoms with Gasteiger partial charge in [-0.3, -0.25) is 9.59 Å². The number of likely N-dealkylation sites (tertiary alicyclic amines) is 1. The molecule has 1 fully saturated rings. The Morgan fingerprint density at radius 2 is 1.53 bits per heavy atom. The van der Waals surface area contributed by atoms with Crippen LogP contribution in [-0.2, 0) is 31.6 Å². The molecule has 3 rings (SSSR count). The Kier molecular flexibility index (Phi) is 17.2. The van der Waals surface area contributed by atoms with Crippen LogP contribution in [-0.4, -0.2) is 74.4 Å². The maximum Gasteiger partial charge on any atom is 0.318 e. The van der Waals surface area contributed by atoms with Crippen molar-refractivity contribution in [1.82, 2.24) is 20.9 Å². The zero-order chi connectivity index (χ0) is 35.6. The summed E-state index contributed by atoms with van der Waals surface area (Å²) in [5, 5.41) is 10.0. The van der Waals surface area contributed by atoms with E-state index in [1.165, 1.54) is 11.0 Å². The number of nitrogens with one attached hydrogen (secondary N) is 3. The Bertz CT molecular complexity index is 1430. The number of rotatable bonds is 19. The molecule has 0 saturated carbocycles. The van der Waals surface area contributed by atoms with E-state index in [1.807, 2.05) is 39.2 Å². The smallest absolute Gasteiger partial charge is 0.318 e. The van der Waals surface area contributed by atoms with Gasteiger partial charge in [0.05, 0.1) is 5.75 Å². The lowest BCUT2D eigenvalue weighted by atomic mass is 9.90. The van der Waals surface area contributed by atoms with Crippen molar-refractivity contribution in [3.63, 3.8) is 0 Å². The second-order valence-corrected chi connectivity index (χ2v) is 16.2. The average Bonchev–Trinajstić information content (AvgIpc) is 3.09. The zero-order valence-corrected chi connectivity index (χ0v) is 31.2. The lowest BCUT2D eigenvalue weighted by molar-refractivity contribution is -0.130. The summed E-state index contributed by atoms with van der Waals surface area (Å²) in [7, 11) is -3.55. The van der Waals surface area contributed by atoms with Crippen LogP contribution in [0.3, 0.4) is 0 Å². The molecule has 1 aliphatic rings. The number of urea groups is 1. The number of thioether (sulfide) groups is 1. The molecule has 11 heteroatoms. The third-order valence-corrected chi connectivity index (χ3v) is 10.9. The van der Waals surface area contributed by atoms with E-state index in [9.17, 15) is 22.8 Å². The van der Waals surface area contributed by atoms with Crippen LogP contribution >= 0.6 is 11.8 Å². The van der Waals surface area contributed by atoms with E-state index in [-0.39, 0.29) is 23.6 Å². The van der Waals surface area contributed by atoms with Gasteiger partial charge in [-0.1, -0.05) is 100 Å². The molecular weight excluding hydrogens is 657 g/mol. The minimum absolute atomic E-state index is 0.125. The SMILES string of the molecule is CCCCC(/C=C/S(=O)(=O)Cc1ccccc1)NC(=O)C(CCSC)NC(=O)C(NC(=O)N1CCC(CCc2ccccc2)CC1)C(C)C. The monoisotopic (exact) mass is 712 g/mol. The molecule has 3 unspecified atom stereocenters. The second kappa shape index (κ2) is 21.0. The maximum absolute atomic E-state index is 13.6. The van der Waals surface area contributed by atoms with Gasteiger partial charge in [-0.05, 0) is 73.5 Å². The number of sulfone groups is 1. The van der Waals surface area contributed by atoms with Crippen LogP contribution in [0.2, 0.25) is 0 Å². The fourth-order valence-corrected chi connectivity index (χ4v) is 7.61. The lowest BCUT2D eigenvalue weighted by Gasteiger charge is -2.34. The predicted molar refractivity (Wildman–Crippen MR) is 201 cm³/mol. The molecule has 0 bridgehead atoms. The fourth-order valence-electron chi connectivity index (χ4n) is 5.96. The van der Waals surface area contributed by atoms with Crippen LogP contribution < -0.4 is 16.0 Å². The van der Waals surface area contributed by atoms with Gasteiger partial charge in [0, 0.05) is 24.5 Å². The Balaban J connectivity index is 1.59. The number of unbranched alkanes of at least 4 members (excludes halogenated alkanes) is 1. The van der Waals surface area contributed by atoms with Crippen molar-refractivity contribution in [3.8, 4) is 0 Å². The molecule has 0 radical (unpaired) electrons. The Morgan fingerprint density at radius 1 is 0.898 bits per heavy atom. The van der Waals surface area contributed by atoms with Gasteiger partial charge in [0.25, 0.3) is 0 Å². The number of carbonyl (C=O) groups is 3. The first-order valence-electron chi connectivity index (χ1n) is 17.6. The van der Waals surface area contributed by atoms with Gasteiger partial charge in [0.2, 0.25) is 11.8 Å². The van der Waals surface area contributed by atoms with Crippen molar-refractivity contribution >= 4 is 39.4 Å². The molecule has 3 atom stereocenters. The number of benzene rings is 2. The third kappa shape index (κ3) is 14.6. The standard InChI is InChI=1S/C38H56N4O5S2/c1-5-6-17-33(23-27-49(46,47)28-32-15-11-8-12-16-32)39-36(43)34(22-26-48-4)40-37(44)35(29(2)3)41-38(45)42-24-20-31(21-25-42)19-18-30-13-9-7-10-14-30/h7-16,23,27,29,31,33-35H,5-6,17-22,24-26,28H2,1-4H3,(H,39,43)(H,40,44)(H,41,45)/b27-23+. The van der Waals surface area contributed by atoms with Gasteiger partial charge < -0.3 is 20.9 Å². The molecule has 9 nitrogen and oxygen atoms in total. The zero-order valence-electron chi connectivity index (χ0n) is 29.6. The normalized spacial score (nSPS) is 15.9. The quantitative estimate of drug-likeness (QED) is 0.162. The number of nitrogens with zero attached hydrogens (tertiary/aromatic N) is 1. The highest BCUT2D eigenvalue weighted by atomic mass is 32.2. The summed E-state index contributed by atoms with van der Waals surface area (Å²) in [4.78, 5) is 42.3. The van der Waals surface area contributed by atoms with Crippen LogP contribution in [0.25, 0.3) is 0 Å². The number of carbonyl (C=O) groups excluding carboxylic acids is 3. The minimum Gasteiger partial charge on any atom is -0.348 e. The summed E-state index contributed by atoms with van der Waals surface area (Å²) in [6, 6.07) is 17.0. The Hall–Kier alpha value is -3.31. The van der Waals surface area contributed by atoms with Crippen molar-refractivity contribution in [2.75, 3.05) is 25.1 Å². The molecule has 1 heterocycles. The van der Waals surface area contributed by atoms with Crippen LogP contribution in [0.5, 0.6) is 0 Å². The molecule has 2 aromatic rings. The van der Waals surface area contributed by atoms with Crippen molar-refractivity contribution in [2.24, 2.45) is 11.8 Å². The molecule has 0 aromatic heterocycles. The molecule has 3 N–H and O–H groups in total. The summed E-state index contributed by atoms with van der Waals surface area (Å²) in [6.07, 6.45) is 10.1. The van der Waals surface area contributed by atoms with E-state index < -0.39 is 33.9 Å². The number of piperidine rings is 1. The minimum atomic E-state index is -3.55. The third-order valence-electron chi connectivity index (χ3n) is 8.98. The number of hydrogen-bond acceptors (Lipinski definition) is 6. The fraction of sp³-hybridized carbons (Fsp3) is 0.553. The Labute approximate surface area is 298 Å². The number of hydrogen-bond donors (Lipinski definition) is 3. The van der Waals surface area contributed by atoms with E-state index >= 15 is 0 Å². The van der Waals surface area contributed by atoms with Gasteiger partial charge in [0.15, 0.2) is 9.84 Å². The van der Waals surface area contributed by atoms with E-state index in [2.05, 4.69) is 40.2 Å². The van der Waals surface area contributed by atoms with Crippen molar-refractivity contribution in [3.05, 3.63) is 83.3 Å². The molecule has 49 heavy (non-hydrogen) atoms. The average molecular weight is 713 g/mol. The van der Waals surface area contributed by atoms with Crippen LogP contribution in [0, 0.1) is 11.8 Å². The second-order valence-electron chi connectivity index (χ2n) is 13.3. The van der Waals surface area contributed by atoms with E-state index in [0.717, 1.165) is 38.5 Å². The summed E-state index contributed by atoms with van der Waals surface area (Å²) in [5.41, 5.74) is 2.02. The summed E-state index contributed by atoms with van der Waals surface area (Å²) >= 11 is 1.57. The summed E-state index contributed by atoms with van der Waals surface area (Å²) in [5.74, 6) is 0.0843. The Morgan fingerprint density at radius 3 is 2.12 bits per heavy atom. The molecule has 2 aromatic carbocycles. The van der Waals surface area contributed by atoms with E-state index in [0.29, 0.717) is 43.2 Å². The van der Waals surface area contributed by atoms with Crippen LogP contribution in [0.4, 0.5) is 4.79 Å². The predicted octanol–water partition coefficient (Wildman–Crippen LogP) is 6.11. The van der Waals surface area contributed by atoms with Crippen molar-refractivity contribution in [1.29, 1.82) is 0 Å². The van der Waals surface area contributed by atoms with Crippen molar-refractivity contribution < 1.29 is 22.8 Å². The molecule has 1 saturated heterocycles. The first-order chi connectivity index (χ1) is 23.5. The topological polar surface area (TPSA) is 125 Å². The lowest BCUT2D eigenvalue weighted by Crippen LogP contribution is -2.58. The summed E-state index contributed by atoms with van der Waals surface area (Å²) < 4.78 is 25.7. The van der Waals surface area contributed by atoms with E-state index in [1.54, 1.807) is 47.0 Å². The number of aryl methyl sites for hydroxylation is 1. The maximum atomic E-state index is 13.6. The van der Waals surface area contributed by atoms with Crippen molar-refractivity contribution in [2.45, 2.75) is 96.0 Å². The highest BCUT2D eigenvalue weighted by Crippen LogP contribution is 2.23. The van der Waals surface area contributed by atoms with Gasteiger partial charge in [-0.25, -0.2) is 13.2 Å². The number of amides is 4. The van der Waals surface area contributed by atoms with Gasteiger partial charge in [0.1, 0.15) is 12.1 Å². The van der Waals surface area contributed by atoms with Crippen LogP contribution in [0.1, 0.15) is 76.8 Å². The molecule has 0 spiro atoms. The highest BCUT2D eigenvalue weighted by Gasteiger charge is 2.31. The molecule has 270 valence electrons. The first kappa shape index (κ1) is 40.1. The van der Waals surface area contributed by atoms with Gasteiger partial charge in [-0.2, -0.15) is 11.8 Å². The van der Waals surface area contributed by atoms with Crippen LogP contribution in [0.15, 0.2) is 72.1 Å². The van der Waals surface area contributed by atoms with Gasteiger partial charge >= 0.3 is 6.03 Å². The summed E-state index contributed by atoms with van der Waals surface area (Å²) in [6.45, 7) is 7.07.